The van der Waals surface area contributed by atoms with Crippen LogP contribution >= 0.6 is 0 Å². The summed E-state index contributed by atoms with van der Waals surface area (Å²) in [6.07, 6.45) is 4.88. The summed E-state index contributed by atoms with van der Waals surface area (Å²) in [4.78, 5) is 8.12. The van der Waals surface area contributed by atoms with E-state index in [0.717, 1.165) is 17.1 Å². The fourth-order valence-electron chi connectivity index (χ4n) is 2.17. The van der Waals surface area contributed by atoms with Crippen LogP contribution < -0.4 is 10.0 Å². The number of nitrogens with two attached hydrogens (primary N) is 1. The predicted octanol–water partition coefficient (Wildman–Crippen LogP) is 1.23. The highest BCUT2D eigenvalue weighted by Gasteiger charge is 2.22. The van der Waals surface area contributed by atoms with Crippen molar-refractivity contribution in [1.82, 2.24) is 9.97 Å². The van der Waals surface area contributed by atoms with Crippen LogP contribution in [0.2, 0.25) is 0 Å². The summed E-state index contributed by atoms with van der Waals surface area (Å²) >= 11 is 0. The van der Waals surface area contributed by atoms with E-state index in [-0.39, 0.29) is 17.3 Å². The second kappa shape index (κ2) is 6.89. The molecule has 3 N–H and O–H groups in total. The third kappa shape index (κ3) is 3.45. The summed E-state index contributed by atoms with van der Waals surface area (Å²) in [5, 5.41) is 10.3. The van der Waals surface area contributed by atoms with Gasteiger partial charge in [0.15, 0.2) is 11.6 Å². The van der Waals surface area contributed by atoms with Gasteiger partial charge in [-0.25, -0.2) is 13.4 Å². The van der Waals surface area contributed by atoms with Gasteiger partial charge in [-0.1, -0.05) is 6.42 Å². The Balaban J connectivity index is 2.29. The first-order valence-electron chi connectivity index (χ1n) is 7.06. The normalized spacial score (nSPS) is 11.7. The van der Waals surface area contributed by atoms with Gasteiger partial charge in [-0.15, -0.1) is 0 Å². The molecule has 0 bridgehead atoms. The zero-order valence-electron chi connectivity index (χ0n) is 12.4. The first kappa shape index (κ1) is 16.4. The van der Waals surface area contributed by atoms with Crippen LogP contribution in [0, 0.1) is 0 Å². The monoisotopic (exact) mass is 324 g/mol. The first-order chi connectivity index (χ1) is 10.5. The van der Waals surface area contributed by atoms with Crippen molar-refractivity contribution in [3.8, 4) is 5.75 Å². The van der Waals surface area contributed by atoms with Crippen molar-refractivity contribution in [3.05, 3.63) is 24.5 Å². The SMILES string of the molecule is CN(c1ncc(O)c2ncccc12)S(=O)(=O)CCCCCN. The van der Waals surface area contributed by atoms with Crippen molar-refractivity contribution in [3.63, 3.8) is 0 Å². The molecule has 0 aromatic carbocycles. The van der Waals surface area contributed by atoms with Gasteiger partial charge in [0.05, 0.1) is 11.9 Å². The average molecular weight is 324 g/mol. The number of anilines is 1. The summed E-state index contributed by atoms with van der Waals surface area (Å²) in [5.74, 6) is 0.223. The van der Waals surface area contributed by atoms with Gasteiger partial charge in [0.1, 0.15) is 5.52 Å². The molecule has 0 radical (unpaired) electrons. The Labute approximate surface area is 129 Å². The molecule has 0 aliphatic rings. The molecule has 22 heavy (non-hydrogen) atoms. The lowest BCUT2D eigenvalue weighted by Crippen LogP contribution is -2.30. The summed E-state index contributed by atoms with van der Waals surface area (Å²) in [5.41, 5.74) is 5.74. The number of rotatable bonds is 7. The first-order valence-corrected chi connectivity index (χ1v) is 8.67. The van der Waals surface area contributed by atoms with E-state index in [9.17, 15) is 13.5 Å². The molecule has 2 aromatic rings. The minimum atomic E-state index is -3.48. The molecule has 120 valence electrons. The molecular weight excluding hydrogens is 304 g/mol. The number of sulfonamides is 1. The Hall–Kier alpha value is -1.93. The Morgan fingerprint density at radius 3 is 2.77 bits per heavy atom. The zero-order valence-corrected chi connectivity index (χ0v) is 13.3. The fraction of sp³-hybridized carbons (Fsp3) is 0.429. The van der Waals surface area contributed by atoms with Gasteiger partial charge in [-0.05, 0) is 31.5 Å². The smallest absolute Gasteiger partial charge is 0.236 e. The third-order valence-electron chi connectivity index (χ3n) is 3.42. The zero-order chi connectivity index (χ0) is 16.2. The van der Waals surface area contributed by atoms with Crippen LogP contribution in [-0.2, 0) is 10.0 Å². The van der Waals surface area contributed by atoms with Gasteiger partial charge in [-0.3, -0.25) is 9.29 Å². The largest absolute Gasteiger partial charge is 0.504 e. The Morgan fingerprint density at radius 1 is 1.27 bits per heavy atom. The second-order valence-electron chi connectivity index (χ2n) is 5.00. The highest BCUT2D eigenvalue weighted by atomic mass is 32.2. The number of hydrogen-bond donors (Lipinski definition) is 2. The van der Waals surface area contributed by atoms with Crippen LogP contribution in [0.25, 0.3) is 10.9 Å². The van der Waals surface area contributed by atoms with Crippen molar-refractivity contribution in [2.45, 2.75) is 19.3 Å². The number of pyridine rings is 2. The Morgan fingerprint density at radius 2 is 2.05 bits per heavy atom. The summed E-state index contributed by atoms with van der Waals surface area (Å²) in [7, 11) is -2.02. The van der Waals surface area contributed by atoms with E-state index < -0.39 is 10.0 Å². The summed E-state index contributed by atoms with van der Waals surface area (Å²) in [6.45, 7) is 0.561. The van der Waals surface area contributed by atoms with Crippen molar-refractivity contribution in [2.24, 2.45) is 5.73 Å². The molecule has 0 saturated carbocycles. The molecule has 0 aliphatic carbocycles. The van der Waals surface area contributed by atoms with Gasteiger partial charge < -0.3 is 10.8 Å². The molecule has 2 rings (SSSR count). The van der Waals surface area contributed by atoms with Gasteiger partial charge in [0, 0.05) is 18.6 Å². The lowest BCUT2D eigenvalue weighted by molar-refractivity contribution is 0.478. The molecule has 0 atom stereocenters. The van der Waals surface area contributed by atoms with Crippen LogP contribution in [0.5, 0.6) is 5.75 Å². The van der Waals surface area contributed by atoms with Crippen LogP contribution in [-0.4, -0.2) is 42.8 Å². The molecule has 0 unspecified atom stereocenters. The molecular formula is C14H20N4O3S. The predicted molar refractivity (Wildman–Crippen MR) is 86.3 cm³/mol. The molecule has 7 nitrogen and oxygen atoms in total. The lowest BCUT2D eigenvalue weighted by Gasteiger charge is -2.20. The molecule has 0 fully saturated rings. The van der Waals surface area contributed by atoms with E-state index in [2.05, 4.69) is 9.97 Å². The molecule has 0 amide bonds. The van der Waals surface area contributed by atoms with E-state index >= 15 is 0 Å². The quantitative estimate of drug-likeness (QED) is 0.741. The minimum absolute atomic E-state index is 0.0355. The second-order valence-corrected chi connectivity index (χ2v) is 7.12. The Kier molecular flexibility index (Phi) is 5.15. The number of aromatic hydroxyl groups is 1. The molecule has 0 spiro atoms. The molecule has 2 aromatic heterocycles. The maximum Gasteiger partial charge on any atom is 0.236 e. The van der Waals surface area contributed by atoms with Gasteiger partial charge >= 0.3 is 0 Å². The van der Waals surface area contributed by atoms with E-state index in [1.54, 1.807) is 12.1 Å². The highest BCUT2D eigenvalue weighted by molar-refractivity contribution is 7.92. The maximum absolute atomic E-state index is 12.4. The standard InChI is InChI=1S/C14H20N4O3S/c1-18(22(20,21)9-4-2-3-7-15)14-11-6-5-8-16-13(11)12(19)10-17-14/h5-6,8,10,19H,2-4,7,9,15H2,1H3. The third-order valence-corrected chi connectivity index (χ3v) is 5.23. The van der Waals surface area contributed by atoms with Gasteiger partial charge in [-0.2, -0.15) is 0 Å². The number of fused-ring (bicyclic) bond motifs is 1. The van der Waals surface area contributed by atoms with Crippen molar-refractivity contribution >= 4 is 26.7 Å². The topological polar surface area (TPSA) is 109 Å². The number of unbranched alkanes of at least 4 members (excludes halogenated alkanes) is 2. The number of aromatic nitrogens is 2. The van der Waals surface area contributed by atoms with Gasteiger partial charge in [0.2, 0.25) is 10.0 Å². The van der Waals surface area contributed by atoms with Crippen molar-refractivity contribution < 1.29 is 13.5 Å². The van der Waals surface area contributed by atoms with Crippen LogP contribution in [0.3, 0.4) is 0 Å². The highest BCUT2D eigenvalue weighted by Crippen LogP contribution is 2.29. The minimum Gasteiger partial charge on any atom is -0.504 e. The molecule has 0 saturated heterocycles. The number of nitrogens with zero attached hydrogens (tertiary/aromatic N) is 3. The van der Waals surface area contributed by atoms with E-state index in [1.165, 1.54) is 19.4 Å². The maximum atomic E-state index is 12.4. The van der Waals surface area contributed by atoms with Crippen molar-refractivity contribution in [1.29, 1.82) is 0 Å². The number of hydrogen-bond acceptors (Lipinski definition) is 6. The molecule has 2 heterocycles. The van der Waals surface area contributed by atoms with Crippen LogP contribution in [0.1, 0.15) is 19.3 Å². The van der Waals surface area contributed by atoms with Crippen molar-refractivity contribution in [2.75, 3.05) is 23.7 Å². The summed E-state index contributed by atoms with van der Waals surface area (Å²) in [6, 6.07) is 3.36. The summed E-state index contributed by atoms with van der Waals surface area (Å²) < 4.78 is 25.9. The molecule has 0 aliphatic heterocycles. The van der Waals surface area contributed by atoms with Crippen LogP contribution in [0.15, 0.2) is 24.5 Å². The molecule has 8 heteroatoms. The van der Waals surface area contributed by atoms with E-state index in [1.807, 2.05) is 0 Å². The fourth-order valence-corrected chi connectivity index (χ4v) is 3.42. The Bertz CT molecular complexity index is 749. The van der Waals surface area contributed by atoms with Gasteiger partial charge in [0.25, 0.3) is 0 Å². The average Bonchev–Trinajstić information content (AvgIpc) is 2.52. The van der Waals surface area contributed by atoms with E-state index in [4.69, 9.17) is 5.73 Å². The lowest BCUT2D eigenvalue weighted by atomic mass is 10.2. The van der Waals surface area contributed by atoms with Crippen LogP contribution in [0.4, 0.5) is 5.82 Å². The van der Waals surface area contributed by atoms with E-state index in [0.29, 0.717) is 23.9 Å².